The summed E-state index contributed by atoms with van der Waals surface area (Å²) in [7, 11) is -1.97. The molecule has 0 N–H and O–H groups in total. The monoisotopic (exact) mass is 308 g/mol. The predicted octanol–water partition coefficient (Wildman–Crippen LogP) is 5.10. The van der Waals surface area contributed by atoms with Crippen LogP contribution in [0.2, 0.25) is 16.6 Å². The van der Waals surface area contributed by atoms with Crippen molar-refractivity contribution in [2.75, 3.05) is 0 Å². The van der Waals surface area contributed by atoms with Crippen molar-refractivity contribution >= 4 is 14.1 Å². The lowest BCUT2D eigenvalue weighted by Gasteiger charge is -2.45. The average Bonchev–Trinajstić information content (AvgIpc) is 2.62. The van der Waals surface area contributed by atoms with Gasteiger partial charge in [-0.15, -0.1) is 0 Å². The zero-order valence-electron chi connectivity index (χ0n) is 14.6. The summed E-state index contributed by atoms with van der Waals surface area (Å²) in [6, 6.07) is 0. The highest BCUT2D eigenvalue weighted by Crippen LogP contribution is 2.45. The summed E-state index contributed by atoms with van der Waals surface area (Å²) in [6.07, 6.45) is 7.33. The van der Waals surface area contributed by atoms with Gasteiger partial charge in [-0.2, -0.15) is 0 Å². The van der Waals surface area contributed by atoms with Crippen molar-refractivity contribution in [3.8, 4) is 0 Å². The zero-order chi connectivity index (χ0) is 15.8. The Kier molecular flexibility index (Phi) is 5.14. The van der Waals surface area contributed by atoms with Crippen molar-refractivity contribution in [2.24, 2.45) is 11.8 Å². The maximum atomic E-state index is 12.7. The molecule has 0 aromatic carbocycles. The lowest BCUT2D eigenvalue weighted by molar-refractivity contribution is -0.127. The van der Waals surface area contributed by atoms with Crippen LogP contribution < -0.4 is 0 Å². The summed E-state index contributed by atoms with van der Waals surface area (Å²) in [5.74, 6) is 1.14. The SMILES string of the molecule is CC(C)[Si](O[C@H]1C(=O)CC2C=CC1CC2)(C(C)C)C(C)C. The summed E-state index contributed by atoms with van der Waals surface area (Å²) in [5, 5.41) is 0. The molecule has 2 bridgehead atoms. The number of hydrogen-bond acceptors (Lipinski definition) is 2. The van der Waals surface area contributed by atoms with E-state index in [1.165, 1.54) is 0 Å². The Bertz CT molecular complexity index is 390. The van der Waals surface area contributed by atoms with E-state index in [0.717, 1.165) is 12.8 Å². The number of carbonyl (C=O) groups excluding carboxylic acids is 1. The molecule has 1 fully saturated rings. The molecule has 3 heteroatoms. The van der Waals surface area contributed by atoms with Crippen molar-refractivity contribution < 1.29 is 9.22 Å². The topological polar surface area (TPSA) is 26.3 Å². The van der Waals surface area contributed by atoms with Gasteiger partial charge in [0, 0.05) is 12.3 Å². The fourth-order valence-electron chi connectivity index (χ4n) is 4.72. The lowest BCUT2D eigenvalue weighted by atomic mass is 9.90. The molecule has 120 valence electrons. The van der Waals surface area contributed by atoms with Crippen LogP contribution in [0.15, 0.2) is 12.2 Å². The van der Waals surface area contributed by atoms with E-state index in [0.29, 0.717) is 40.7 Å². The Morgan fingerprint density at radius 3 is 2.00 bits per heavy atom. The molecule has 0 aliphatic heterocycles. The van der Waals surface area contributed by atoms with Gasteiger partial charge in [-0.1, -0.05) is 53.7 Å². The van der Waals surface area contributed by atoms with Gasteiger partial charge in [-0.05, 0) is 35.4 Å². The molecular weight excluding hydrogens is 276 g/mol. The standard InChI is InChI=1S/C18H32O2Si/c1-12(2)21(13(3)4,14(5)6)20-18-16-9-7-15(8-10-16)11-17(18)19/h7,9,12-16,18H,8,10-11H2,1-6H3/t15?,16?,18-/m1/s1. The molecule has 0 saturated heterocycles. The molecule has 3 atom stereocenters. The second-order valence-corrected chi connectivity index (χ2v) is 13.3. The Hall–Kier alpha value is -0.413. The van der Waals surface area contributed by atoms with Crippen LogP contribution in [-0.4, -0.2) is 20.2 Å². The molecule has 21 heavy (non-hydrogen) atoms. The number of hydrogen-bond donors (Lipinski definition) is 0. The first-order valence-electron chi connectivity index (χ1n) is 8.67. The van der Waals surface area contributed by atoms with Gasteiger partial charge in [-0.25, -0.2) is 0 Å². The minimum atomic E-state index is -1.97. The maximum Gasteiger partial charge on any atom is 0.201 e. The van der Waals surface area contributed by atoms with Gasteiger partial charge >= 0.3 is 0 Å². The Labute approximate surface area is 131 Å². The molecule has 0 aromatic heterocycles. The van der Waals surface area contributed by atoms with Crippen molar-refractivity contribution in [1.82, 2.24) is 0 Å². The Morgan fingerprint density at radius 1 is 1.00 bits per heavy atom. The lowest BCUT2D eigenvalue weighted by Crippen LogP contribution is -2.52. The molecule has 2 nitrogen and oxygen atoms in total. The first-order valence-corrected chi connectivity index (χ1v) is 10.8. The average molecular weight is 309 g/mol. The van der Waals surface area contributed by atoms with E-state index in [4.69, 9.17) is 4.43 Å². The maximum absolute atomic E-state index is 12.7. The van der Waals surface area contributed by atoms with Crippen molar-refractivity contribution in [1.29, 1.82) is 0 Å². The molecule has 0 heterocycles. The molecule has 0 aromatic rings. The third kappa shape index (κ3) is 3.05. The van der Waals surface area contributed by atoms with Crippen molar-refractivity contribution in [3.05, 3.63) is 12.2 Å². The van der Waals surface area contributed by atoms with Crippen molar-refractivity contribution in [2.45, 2.75) is 83.5 Å². The normalized spacial score (nSPS) is 29.8. The van der Waals surface area contributed by atoms with Crippen LogP contribution in [0.4, 0.5) is 0 Å². The number of carbonyl (C=O) groups is 1. The van der Waals surface area contributed by atoms with Crippen LogP contribution in [0, 0.1) is 11.8 Å². The van der Waals surface area contributed by atoms with Crippen LogP contribution in [-0.2, 0) is 9.22 Å². The number of allylic oxidation sites excluding steroid dienone is 1. The van der Waals surface area contributed by atoms with Crippen LogP contribution in [0.3, 0.4) is 0 Å². The van der Waals surface area contributed by atoms with Gasteiger partial charge in [0.05, 0.1) is 0 Å². The summed E-state index contributed by atoms with van der Waals surface area (Å²) in [6.45, 7) is 13.8. The van der Waals surface area contributed by atoms with Crippen molar-refractivity contribution in [3.63, 3.8) is 0 Å². The van der Waals surface area contributed by atoms with Gasteiger partial charge in [0.2, 0.25) is 8.32 Å². The van der Waals surface area contributed by atoms with Crippen LogP contribution in [0.5, 0.6) is 0 Å². The zero-order valence-corrected chi connectivity index (χ0v) is 15.6. The van der Waals surface area contributed by atoms with E-state index < -0.39 is 8.32 Å². The van der Waals surface area contributed by atoms with Crippen LogP contribution in [0.1, 0.15) is 60.8 Å². The summed E-state index contributed by atoms with van der Waals surface area (Å²) < 4.78 is 6.82. The largest absolute Gasteiger partial charge is 0.406 e. The van der Waals surface area contributed by atoms with Crippen LogP contribution in [0.25, 0.3) is 0 Å². The Balaban J connectivity index is 2.31. The number of rotatable bonds is 5. The highest BCUT2D eigenvalue weighted by molar-refractivity contribution is 6.77. The minimum Gasteiger partial charge on any atom is -0.406 e. The van der Waals surface area contributed by atoms with Gasteiger partial charge < -0.3 is 4.43 Å². The molecule has 3 aliphatic carbocycles. The predicted molar refractivity (Wildman–Crippen MR) is 90.9 cm³/mol. The molecule has 3 rings (SSSR count). The fourth-order valence-corrected chi connectivity index (χ4v) is 10.3. The second-order valence-electron chi connectivity index (χ2n) is 7.91. The number of ketones is 1. The van der Waals surface area contributed by atoms with Crippen LogP contribution >= 0.6 is 0 Å². The highest BCUT2D eigenvalue weighted by atomic mass is 28.4. The van der Waals surface area contributed by atoms with E-state index in [1.807, 2.05) is 0 Å². The van der Waals surface area contributed by atoms with E-state index in [1.54, 1.807) is 0 Å². The van der Waals surface area contributed by atoms with E-state index in [2.05, 4.69) is 53.7 Å². The Morgan fingerprint density at radius 2 is 1.57 bits per heavy atom. The summed E-state index contributed by atoms with van der Waals surface area (Å²) >= 11 is 0. The van der Waals surface area contributed by atoms with Gasteiger partial charge in [-0.3, -0.25) is 4.79 Å². The molecule has 0 radical (unpaired) electrons. The molecule has 1 saturated carbocycles. The highest BCUT2D eigenvalue weighted by Gasteiger charge is 2.49. The second kappa shape index (κ2) is 6.37. The van der Waals surface area contributed by atoms with Gasteiger partial charge in [0.15, 0.2) is 5.78 Å². The van der Waals surface area contributed by atoms with Gasteiger partial charge in [0.1, 0.15) is 6.10 Å². The molecule has 0 spiro atoms. The van der Waals surface area contributed by atoms with E-state index in [9.17, 15) is 4.79 Å². The minimum absolute atomic E-state index is 0.174. The molecule has 0 amide bonds. The summed E-state index contributed by atoms with van der Waals surface area (Å²) in [4.78, 5) is 12.7. The third-order valence-corrected chi connectivity index (χ3v) is 11.8. The molecular formula is C18H32O2Si. The first-order chi connectivity index (χ1) is 9.79. The first kappa shape index (κ1) is 16.9. The van der Waals surface area contributed by atoms with E-state index in [-0.39, 0.29) is 6.10 Å². The fraction of sp³-hybridized carbons (Fsp3) is 0.833. The quantitative estimate of drug-likeness (QED) is 0.521. The number of fused-ring (bicyclic) bond motifs is 3. The smallest absolute Gasteiger partial charge is 0.201 e. The summed E-state index contributed by atoms with van der Waals surface area (Å²) in [5.41, 5.74) is 1.61. The third-order valence-electron chi connectivity index (χ3n) is 5.71. The number of Topliss-reactive ketones (excluding diaryl/α,β-unsaturated/α-hetero) is 1. The molecule has 2 unspecified atom stereocenters. The molecule has 3 aliphatic rings. The van der Waals surface area contributed by atoms with Gasteiger partial charge in [0.25, 0.3) is 0 Å². The van der Waals surface area contributed by atoms with E-state index >= 15 is 0 Å².